The molecular weight excluding hydrogens is 224 g/mol. The highest BCUT2D eigenvalue weighted by Crippen LogP contribution is 2.17. The molecular formula is C11H14N2O2S. The monoisotopic (exact) mass is 238 g/mol. The second-order valence-electron chi connectivity index (χ2n) is 3.91. The summed E-state index contributed by atoms with van der Waals surface area (Å²) in [6.45, 7) is 3.00. The van der Waals surface area contributed by atoms with Crippen molar-refractivity contribution in [2.24, 2.45) is 0 Å². The average molecular weight is 238 g/mol. The molecule has 5 heteroatoms. The lowest BCUT2D eigenvalue weighted by atomic mass is 10.2. The minimum atomic E-state index is -0.353. The summed E-state index contributed by atoms with van der Waals surface area (Å²) in [5, 5.41) is 1.87. The first-order chi connectivity index (χ1) is 7.61. The molecule has 0 spiro atoms. The third-order valence-electron chi connectivity index (χ3n) is 2.87. The van der Waals surface area contributed by atoms with Gasteiger partial charge in [0.2, 0.25) is 5.91 Å². The SMILES string of the molecule is CC1C(=O)N(C)CCN1C(=O)c1cccs1. The van der Waals surface area contributed by atoms with E-state index in [1.807, 2.05) is 11.4 Å². The minimum Gasteiger partial charge on any atom is -0.342 e. The van der Waals surface area contributed by atoms with E-state index in [2.05, 4.69) is 0 Å². The first-order valence-electron chi connectivity index (χ1n) is 5.20. The van der Waals surface area contributed by atoms with Gasteiger partial charge in [-0.15, -0.1) is 11.3 Å². The van der Waals surface area contributed by atoms with E-state index in [0.29, 0.717) is 18.0 Å². The topological polar surface area (TPSA) is 40.6 Å². The molecule has 86 valence electrons. The molecule has 0 radical (unpaired) electrons. The summed E-state index contributed by atoms with van der Waals surface area (Å²) in [4.78, 5) is 27.8. The fourth-order valence-electron chi connectivity index (χ4n) is 1.83. The number of hydrogen-bond acceptors (Lipinski definition) is 3. The molecule has 0 aromatic carbocycles. The van der Waals surface area contributed by atoms with Crippen LogP contribution < -0.4 is 0 Å². The second-order valence-corrected chi connectivity index (χ2v) is 4.86. The minimum absolute atomic E-state index is 0.0103. The molecule has 1 aliphatic rings. The number of thiophene rings is 1. The van der Waals surface area contributed by atoms with Gasteiger partial charge in [-0.2, -0.15) is 0 Å². The van der Waals surface area contributed by atoms with Crippen molar-refractivity contribution >= 4 is 23.2 Å². The summed E-state index contributed by atoms with van der Waals surface area (Å²) >= 11 is 1.41. The molecule has 1 aromatic rings. The van der Waals surface area contributed by atoms with Crippen molar-refractivity contribution in [3.63, 3.8) is 0 Å². The van der Waals surface area contributed by atoms with E-state index in [-0.39, 0.29) is 17.9 Å². The quantitative estimate of drug-likeness (QED) is 0.734. The maximum Gasteiger partial charge on any atom is 0.264 e. The lowest BCUT2D eigenvalue weighted by Gasteiger charge is -2.37. The molecule has 1 fully saturated rings. The van der Waals surface area contributed by atoms with E-state index in [0.717, 1.165) is 0 Å². The maximum atomic E-state index is 12.1. The molecule has 0 aliphatic carbocycles. The van der Waals surface area contributed by atoms with Crippen molar-refractivity contribution in [1.29, 1.82) is 0 Å². The zero-order valence-electron chi connectivity index (χ0n) is 9.34. The van der Waals surface area contributed by atoms with E-state index in [9.17, 15) is 9.59 Å². The Morgan fingerprint density at radius 1 is 1.50 bits per heavy atom. The van der Waals surface area contributed by atoms with E-state index < -0.39 is 0 Å². The number of carbonyl (C=O) groups excluding carboxylic acids is 2. The maximum absolute atomic E-state index is 12.1. The van der Waals surface area contributed by atoms with Gasteiger partial charge in [0, 0.05) is 20.1 Å². The van der Waals surface area contributed by atoms with Gasteiger partial charge >= 0.3 is 0 Å². The van der Waals surface area contributed by atoms with Crippen LogP contribution in [0, 0.1) is 0 Å². The highest BCUT2D eigenvalue weighted by atomic mass is 32.1. The normalized spacial score (nSPS) is 21.4. The molecule has 0 saturated carbocycles. The Morgan fingerprint density at radius 2 is 2.25 bits per heavy atom. The Morgan fingerprint density at radius 3 is 2.88 bits per heavy atom. The van der Waals surface area contributed by atoms with Crippen LogP contribution in [0.2, 0.25) is 0 Å². The second kappa shape index (κ2) is 4.25. The fourth-order valence-corrected chi connectivity index (χ4v) is 2.51. The van der Waals surface area contributed by atoms with Gasteiger partial charge in [-0.25, -0.2) is 0 Å². The number of amides is 2. The molecule has 1 aromatic heterocycles. The lowest BCUT2D eigenvalue weighted by molar-refractivity contribution is -0.137. The van der Waals surface area contributed by atoms with Gasteiger partial charge in [0.25, 0.3) is 5.91 Å². The largest absolute Gasteiger partial charge is 0.342 e. The first kappa shape index (κ1) is 11.1. The van der Waals surface area contributed by atoms with Crippen molar-refractivity contribution in [1.82, 2.24) is 9.80 Å². The highest BCUT2D eigenvalue weighted by molar-refractivity contribution is 7.12. The molecule has 1 atom stereocenters. The van der Waals surface area contributed by atoms with Crippen LogP contribution in [0.4, 0.5) is 0 Å². The Labute approximate surface area is 98.5 Å². The molecule has 2 rings (SSSR count). The summed E-state index contributed by atoms with van der Waals surface area (Å²) in [7, 11) is 1.77. The summed E-state index contributed by atoms with van der Waals surface area (Å²) in [5.41, 5.74) is 0. The first-order valence-corrected chi connectivity index (χ1v) is 6.08. The Kier molecular flexibility index (Phi) is 2.96. The predicted octanol–water partition coefficient (Wildman–Crippen LogP) is 1.05. The molecule has 1 aliphatic heterocycles. The van der Waals surface area contributed by atoms with Crippen LogP contribution in [0.1, 0.15) is 16.6 Å². The number of rotatable bonds is 1. The molecule has 2 amide bonds. The van der Waals surface area contributed by atoms with Crippen LogP contribution in [0.25, 0.3) is 0 Å². The van der Waals surface area contributed by atoms with E-state index >= 15 is 0 Å². The van der Waals surface area contributed by atoms with Crippen molar-refractivity contribution in [3.05, 3.63) is 22.4 Å². The van der Waals surface area contributed by atoms with Gasteiger partial charge in [0.1, 0.15) is 6.04 Å². The summed E-state index contributed by atoms with van der Waals surface area (Å²) in [5.74, 6) is -0.0277. The molecule has 16 heavy (non-hydrogen) atoms. The molecule has 1 saturated heterocycles. The molecule has 0 bridgehead atoms. The van der Waals surface area contributed by atoms with Crippen LogP contribution >= 0.6 is 11.3 Å². The predicted molar refractivity (Wildman–Crippen MR) is 62.5 cm³/mol. The van der Waals surface area contributed by atoms with Crippen molar-refractivity contribution in [2.75, 3.05) is 20.1 Å². The Hall–Kier alpha value is -1.36. The van der Waals surface area contributed by atoms with Crippen molar-refractivity contribution in [3.8, 4) is 0 Å². The molecule has 1 unspecified atom stereocenters. The molecule has 4 nitrogen and oxygen atoms in total. The van der Waals surface area contributed by atoms with E-state index in [1.165, 1.54) is 11.3 Å². The molecule has 2 heterocycles. The zero-order valence-corrected chi connectivity index (χ0v) is 10.2. The van der Waals surface area contributed by atoms with Crippen molar-refractivity contribution < 1.29 is 9.59 Å². The summed E-state index contributed by atoms with van der Waals surface area (Å²) in [6.07, 6.45) is 0. The van der Waals surface area contributed by atoms with Crippen LogP contribution in [0.3, 0.4) is 0 Å². The van der Waals surface area contributed by atoms with Crippen LogP contribution in [-0.4, -0.2) is 47.8 Å². The number of hydrogen-bond donors (Lipinski definition) is 0. The average Bonchev–Trinajstić information content (AvgIpc) is 2.79. The smallest absolute Gasteiger partial charge is 0.264 e. The number of piperazine rings is 1. The number of nitrogens with zero attached hydrogens (tertiary/aromatic N) is 2. The zero-order chi connectivity index (χ0) is 11.7. The van der Waals surface area contributed by atoms with Crippen LogP contribution in [0.15, 0.2) is 17.5 Å². The van der Waals surface area contributed by atoms with Crippen LogP contribution in [0.5, 0.6) is 0 Å². The standard InChI is InChI=1S/C11H14N2O2S/c1-8-10(14)12(2)5-6-13(8)11(15)9-4-3-7-16-9/h3-4,7-8H,5-6H2,1-2H3. The summed E-state index contributed by atoms with van der Waals surface area (Å²) < 4.78 is 0. The van der Waals surface area contributed by atoms with Gasteiger partial charge in [-0.1, -0.05) is 6.07 Å². The van der Waals surface area contributed by atoms with Crippen LogP contribution in [-0.2, 0) is 4.79 Å². The highest BCUT2D eigenvalue weighted by Gasteiger charge is 2.33. The van der Waals surface area contributed by atoms with Gasteiger partial charge in [-0.3, -0.25) is 9.59 Å². The third kappa shape index (κ3) is 1.82. The van der Waals surface area contributed by atoms with Crippen molar-refractivity contribution in [2.45, 2.75) is 13.0 Å². The van der Waals surface area contributed by atoms with E-state index in [4.69, 9.17) is 0 Å². The Bertz CT molecular complexity index is 402. The third-order valence-corrected chi connectivity index (χ3v) is 3.73. The lowest BCUT2D eigenvalue weighted by Crippen LogP contribution is -2.56. The van der Waals surface area contributed by atoms with E-state index in [1.54, 1.807) is 29.8 Å². The fraction of sp³-hybridized carbons (Fsp3) is 0.455. The van der Waals surface area contributed by atoms with Gasteiger partial charge in [0.15, 0.2) is 0 Å². The van der Waals surface area contributed by atoms with Gasteiger partial charge < -0.3 is 9.80 Å². The van der Waals surface area contributed by atoms with Gasteiger partial charge in [0.05, 0.1) is 4.88 Å². The molecule has 0 N–H and O–H groups in total. The summed E-state index contributed by atoms with van der Waals surface area (Å²) in [6, 6.07) is 3.29. The number of carbonyl (C=O) groups is 2. The van der Waals surface area contributed by atoms with Gasteiger partial charge in [-0.05, 0) is 18.4 Å². The number of likely N-dealkylation sites (N-methyl/N-ethyl adjacent to an activating group) is 1. The Balaban J connectivity index is 2.16.